The molecule has 0 aliphatic carbocycles. The van der Waals surface area contributed by atoms with Crippen molar-refractivity contribution in [2.45, 2.75) is 119 Å². The molecule has 0 fully saturated rings. The number of benzene rings is 4. The average molecular weight is 883 g/mol. The van der Waals surface area contributed by atoms with Crippen molar-refractivity contribution in [3.05, 3.63) is 117 Å². The molecule has 0 aromatic heterocycles. The van der Waals surface area contributed by atoms with Crippen molar-refractivity contribution in [2.75, 3.05) is 26.3 Å². The van der Waals surface area contributed by atoms with Crippen LogP contribution in [0.25, 0.3) is 0 Å². The van der Waals surface area contributed by atoms with Crippen LogP contribution in [-0.2, 0) is 39.9 Å². The molecule has 5 N–H and O–H groups in total. The number of hydrogen-bond acceptors (Lipinski definition) is 10. The Morgan fingerprint density at radius 1 is 0.547 bits per heavy atom. The summed E-state index contributed by atoms with van der Waals surface area (Å²) >= 11 is 0. The zero-order valence-electron chi connectivity index (χ0n) is 39.2. The highest BCUT2D eigenvalue weighted by Crippen LogP contribution is 2.36. The highest BCUT2D eigenvalue weighted by molar-refractivity contribution is 5.98. The molecule has 0 atom stereocenters. The number of para-hydroxylation sites is 4. The second-order valence-electron chi connectivity index (χ2n) is 18.3. The molecule has 14 heteroatoms. The van der Waals surface area contributed by atoms with E-state index < -0.39 is 35.1 Å². The molecule has 0 heterocycles. The molecule has 0 spiro atoms. The van der Waals surface area contributed by atoms with Gasteiger partial charge >= 0.3 is 18.3 Å². The lowest BCUT2D eigenvalue weighted by atomic mass is 9.94. The second-order valence-corrected chi connectivity index (χ2v) is 18.3. The molecule has 0 aliphatic heterocycles. The summed E-state index contributed by atoms with van der Waals surface area (Å²) in [6.07, 6.45) is -0.467. The highest BCUT2D eigenvalue weighted by Gasteiger charge is 2.22. The average Bonchev–Trinajstić information content (AvgIpc) is 3.16. The predicted molar refractivity (Wildman–Crippen MR) is 248 cm³/mol. The van der Waals surface area contributed by atoms with Crippen LogP contribution in [0.1, 0.15) is 114 Å². The second kappa shape index (κ2) is 22.3. The number of hydrogen-bond donors (Lipinski definition) is 5. The van der Waals surface area contributed by atoms with Gasteiger partial charge in [-0.2, -0.15) is 0 Å². The number of nitrogens with one attached hydrogen (secondary N) is 3. The van der Waals surface area contributed by atoms with Crippen LogP contribution in [0.4, 0.5) is 14.4 Å². The van der Waals surface area contributed by atoms with Gasteiger partial charge in [0.1, 0.15) is 53.0 Å². The molecule has 14 nitrogen and oxygen atoms in total. The minimum absolute atomic E-state index is 0.125. The molecule has 4 rings (SSSR count). The first-order chi connectivity index (χ1) is 30.0. The Morgan fingerprint density at radius 2 is 0.953 bits per heavy atom. The highest BCUT2D eigenvalue weighted by atomic mass is 16.6. The number of phenols is 2. The molecule has 4 aromatic carbocycles. The topological polar surface area (TPSA) is 186 Å². The Balaban J connectivity index is 1.54. The van der Waals surface area contributed by atoms with Crippen LogP contribution in [0.15, 0.2) is 77.8 Å². The Hall–Kier alpha value is -6.44. The van der Waals surface area contributed by atoms with Gasteiger partial charge in [-0.25, -0.2) is 14.4 Å². The van der Waals surface area contributed by atoms with E-state index in [1.807, 2.05) is 86.6 Å². The lowest BCUT2D eigenvalue weighted by Crippen LogP contribution is -2.45. The van der Waals surface area contributed by atoms with Crippen LogP contribution in [0.3, 0.4) is 0 Å². The third-order valence-corrected chi connectivity index (χ3v) is 9.27. The van der Waals surface area contributed by atoms with Crippen molar-refractivity contribution in [3.8, 4) is 23.0 Å². The van der Waals surface area contributed by atoms with Gasteiger partial charge in [-0.1, -0.05) is 79.7 Å². The van der Waals surface area contributed by atoms with Crippen LogP contribution in [0, 0.1) is 6.92 Å². The molecule has 0 unspecified atom stereocenters. The fraction of sp³-hybridized carbons (Fsp3) is 0.440. The van der Waals surface area contributed by atoms with Gasteiger partial charge in [-0.15, -0.1) is 4.99 Å². The van der Waals surface area contributed by atoms with Gasteiger partial charge in [0.25, 0.3) is 0 Å². The normalized spacial score (nSPS) is 12.0. The van der Waals surface area contributed by atoms with Gasteiger partial charge in [0.15, 0.2) is 0 Å². The number of amides is 3. The van der Waals surface area contributed by atoms with Gasteiger partial charge < -0.3 is 44.5 Å². The lowest BCUT2D eigenvalue weighted by Gasteiger charge is -2.21. The van der Waals surface area contributed by atoms with E-state index in [0.29, 0.717) is 48.3 Å². The van der Waals surface area contributed by atoms with Crippen molar-refractivity contribution >= 4 is 24.2 Å². The maximum Gasteiger partial charge on any atom is 0.437 e. The standard InChI is InChI=1S/C50H66N4O10/c1-12-33-18-14-19-34(40(33)55)30-38-23-16-24-39(43(38)61-28-26-52-45(57)62-48(3,4)5)31-36-21-15-20-35(41(36)56)29-37-22-13-17-32(2)42(37)60-27-25-51-44(53-46(58)63-49(6,7)8)54-47(59)64-50(9,10)11/h13-24,55-56H,12,25-31H2,1-11H3,(H,52,57)(H2,51,53,54,58,59). The number of aliphatic imine (C=N–C) groups is 1. The summed E-state index contributed by atoms with van der Waals surface area (Å²) in [6, 6.07) is 23.0. The number of carbonyl (C=O) groups is 3. The van der Waals surface area contributed by atoms with Crippen LogP contribution >= 0.6 is 0 Å². The molecule has 64 heavy (non-hydrogen) atoms. The van der Waals surface area contributed by atoms with Crippen molar-refractivity contribution in [1.29, 1.82) is 0 Å². The SMILES string of the molecule is CCc1cccc(Cc2cccc(Cc3cccc(Cc4cccc(C)c4OCCN/C(=N\C(=O)OC(C)(C)C)NC(=O)OC(C)(C)C)c3O)c2OCCNC(=O)OC(C)(C)C)c1O. The number of alkyl carbamates (subject to hydrolysis) is 2. The van der Waals surface area contributed by atoms with Crippen LogP contribution < -0.4 is 25.4 Å². The van der Waals surface area contributed by atoms with Gasteiger partial charge in [-0.3, -0.25) is 5.32 Å². The van der Waals surface area contributed by atoms with E-state index in [9.17, 15) is 24.6 Å². The largest absolute Gasteiger partial charge is 0.507 e. The predicted octanol–water partition coefficient (Wildman–Crippen LogP) is 9.43. The van der Waals surface area contributed by atoms with Crippen LogP contribution in [0.5, 0.6) is 23.0 Å². The molecular weight excluding hydrogens is 817 g/mol. The van der Waals surface area contributed by atoms with E-state index in [1.54, 1.807) is 62.3 Å². The van der Waals surface area contributed by atoms with Gasteiger partial charge in [0, 0.05) is 19.3 Å². The molecular formula is C50H66N4O10. The third kappa shape index (κ3) is 16.4. The summed E-state index contributed by atoms with van der Waals surface area (Å²) in [4.78, 5) is 41.3. The van der Waals surface area contributed by atoms with E-state index in [0.717, 1.165) is 33.4 Å². The van der Waals surface area contributed by atoms with Gasteiger partial charge in [0.05, 0.1) is 13.1 Å². The van der Waals surface area contributed by atoms with E-state index in [2.05, 4.69) is 20.9 Å². The molecule has 0 bridgehead atoms. The zero-order chi connectivity index (χ0) is 47.2. The Morgan fingerprint density at radius 3 is 1.45 bits per heavy atom. The number of carbonyl (C=O) groups excluding carboxylic acids is 3. The van der Waals surface area contributed by atoms with Crippen molar-refractivity contribution in [2.24, 2.45) is 4.99 Å². The summed E-state index contributed by atoms with van der Waals surface area (Å²) in [5.41, 5.74) is 4.12. The molecule has 0 saturated carbocycles. The van der Waals surface area contributed by atoms with Gasteiger partial charge in [0.2, 0.25) is 5.96 Å². The number of rotatable bonds is 15. The van der Waals surface area contributed by atoms with E-state index >= 15 is 0 Å². The van der Waals surface area contributed by atoms with Crippen molar-refractivity contribution in [3.63, 3.8) is 0 Å². The zero-order valence-corrected chi connectivity index (χ0v) is 39.2. The first-order valence-corrected chi connectivity index (χ1v) is 21.6. The van der Waals surface area contributed by atoms with E-state index in [-0.39, 0.29) is 43.8 Å². The maximum absolute atomic E-state index is 12.6. The minimum atomic E-state index is -0.891. The number of aromatic hydroxyl groups is 2. The number of ether oxygens (including phenoxy) is 5. The number of aryl methyl sites for hydroxylation is 2. The minimum Gasteiger partial charge on any atom is -0.507 e. The fourth-order valence-corrected chi connectivity index (χ4v) is 6.61. The fourth-order valence-electron chi connectivity index (χ4n) is 6.61. The summed E-state index contributed by atoms with van der Waals surface area (Å²) in [5, 5.41) is 31.0. The Bertz CT molecular complexity index is 2270. The van der Waals surface area contributed by atoms with Crippen molar-refractivity contribution < 1.29 is 48.3 Å². The van der Waals surface area contributed by atoms with Gasteiger partial charge in [-0.05, 0) is 120 Å². The number of nitrogens with zero attached hydrogens (tertiary/aromatic N) is 1. The Kier molecular flexibility index (Phi) is 17.5. The first kappa shape index (κ1) is 50.2. The maximum atomic E-state index is 12.6. The Labute approximate surface area is 377 Å². The lowest BCUT2D eigenvalue weighted by molar-refractivity contribution is 0.0515. The molecule has 0 aliphatic rings. The monoisotopic (exact) mass is 882 g/mol. The molecule has 346 valence electrons. The molecule has 3 amide bonds. The molecule has 0 radical (unpaired) electrons. The molecule has 4 aromatic rings. The van der Waals surface area contributed by atoms with Crippen LogP contribution in [-0.4, -0.2) is 77.6 Å². The van der Waals surface area contributed by atoms with Crippen LogP contribution in [0.2, 0.25) is 0 Å². The summed E-state index contributed by atoms with van der Waals surface area (Å²) < 4.78 is 28.7. The van der Waals surface area contributed by atoms with E-state index in [4.69, 9.17) is 23.7 Å². The summed E-state index contributed by atoms with van der Waals surface area (Å²) in [6.45, 7) is 20.2. The summed E-state index contributed by atoms with van der Waals surface area (Å²) in [7, 11) is 0. The number of phenolic OH excluding ortho intramolecular Hbond substituents is 2. The quantitative estimate of drug-likeness (QED) is 0.0331. The molecule has 0 saturated heterocycles. The smallest absolute Gasteiger partial charge is 0.437 e. The first-order valence-electron chi connectivity index (χ1n) is 21.6. The number of guanidine groups is 1. The third-order valence-electron chi connectivity index (χ3n) is 9.27. The summed E-state index contributed by atoms with van der Waals surface area (Å²) in [5.74, 6) is 1.45. The van der Waals surface area contributed by atoms with Crippen molar-refractivity contribution in [1.82, 2.24) is 16.0 Å². The van der Waals surface area contributed by atoms with E-state index in [1.165, 1.54) is 0 Å².